The van der Waals surface area contributed by atoms with Gasteiger partial charge in [0, 0.05) is 18.9 Å². The zero-order valence-corrected chi connectivity index (χ0v) is 14.3. The Bertz CT molecular complexity index is 710. The Balaban J connectivity index is 1.84. The van der Waals surface area contributed by atoms with E-state index < -0.39 is 13.8 Å². The lowest BCUT2D eigenvalue weighted by molar-refractivity contribution is 0.274. The summed E-state index contributed by atoms with van der Waals surface area (Å²) in [7, 11) is 0.911. The van der Waals surface area contributed by atoms with Crippen molar-refractivity contribution in [2.45, 2.75) is 18.7 Å². The largest absolute Gasteiger partial charge is 0.493 e. The lowest BCUT2D eigenvalue weighted by Crippen LogP contribution is -2.07. The number of alkyl halides is 1. The van der Waals surface area contributed by atoms with Crippen molar-refractivity contribution in [2.24, 2.45) is 0 Å². The van der Waals surface area contributed by atoms with Gasteiger partial charge in [0.25, 0.3) is 0 Å². The van der Waals surface area contributed by atoms with E-state index in [0.29, 0.717) is 37.5 Å². The highest BCUT2D eigenvalue weighted by atomic mass is 19.1. The quantitative estimate of drug-likeness (QED) is 0.615. The highest BCUT2D eigenvalue weighted by Crippen LogP contribution is 2.35. The molecular weight excluding hydrogens is 322 g/mol. The normalized spacial score (nSPS) is 16.9. The maximum Gasteiger partial charge on any atom is 0.454 e. The molecule has 4 nitrogen and oxygen atoms in total. The van der Waals surface area contributed by atoms with Crippen LogP contribution in [0.1, 0.15) is 17.9 Å². The van der Waals surface area contributed by atoms with Crippen molar-refractivity contribution >= 4 is 7.12 Å². The Hall–Kier alpha value is -2.05. The summed E-state index contributed by atoms with van der Waals surface area (Å²) in [5.41, 5.74) is 3.19. The molecular formula is C19H22BFO4. The molecule has 132 valence electrons. The minimum absolute atomic E-state index is 0.202. The number of hydrogen-bond acceptors (Lipinski definition) is 4. The fraction of sp³-hybridized carbons (Fsp3) is 0.368. The predicted molar refractivity (Wildman–Crippen MR) is 96.0 cm³/mol. The molecule has 2 aromatic carbocycles. The van der Waals surface area contributed by atoms with Crippen LogP contribution in [0.25, 0.3) is 11.1 Å². The van der Waals surface area contributed by atoms with Gasteiger partial charge in [-0.05, 0) is 35.1 Å². The second kappa shape index (κ2) is 8.36. The molecule has 2 aromatic rings. The second-order valence-electron chi connectivity index (χ2n) is 6.10. The van der Waals surface area contributed by atoms with Crippen molar-refractivity contribution in [3.8, 4) is 22.6 Å². The van der Waals surface area contributed by atoms with Crippen LogP contribution in [-0.4, -0.2) is 39.1 Å². The first-order chi connectivity index (χ1) is 12.2. The van der Waals surface area contributed by atoms with Crippen molar-refractivity contribution in [3.63, 3.8) is 0 Å². The molecule has 0 bridgehead atoms. The van der Waals surface area contributed by atoms with Gasteiger partial charge in [0.1, 0.15) is 0 Å². The number of hydrogen-bond donors (Lipinski definition) is 1. The zero-order valence-electron chi connectivity index (χ0n) is 14.3. The highest BCUT2D eigenvalue weighted by molar-refractivity contribution is 6.43. The van der Waals surface area contributed by atoms with E-state index in [1.807, 2.05) is 30.3 Å². The zero-order chi connectivity index (χ0) is 17.6. The molecule has 0 unspecified atom stereocenters. The molecule has 25 heavy (non-hydrogen) atoms. The topological polar surface area (TPSA) is 47.9 Å². The SMILES string of the molecule is COc1ccc(-c2cccc([C@H]3COB(O)C3)c2)cc1OCCCF. The Kier molecular flexibility index (Phi) is 5.94. The molecule has 1 aliphatic rings. The number of methoxy groups -OCH3 is 1. The van der Waals surface area contributed by atoms with Gasteiger partial charge in [-0.2, -0.15) is 0 Å². The molecule has 0 aromatic heterocycles. The fourth-order valence-electron chi connectivity index (χ4n) is 3.02. The summed E-state index contributed by atoms with van der Waals surface area (Å²) in [6.45, 7) is 0.442. The summed E-state index contributed by atoms with van der Waals surface area (Å²) in [6, 6.07) is 13.9. The first-order valence-electron chi connectivity index (χ1n) is 8.48. The molecule has 0 radical (unpaired) electrons. The summed E-state index contributed by atoms with van der Waals surface area (Å²) in [5.74, 6) is 1.44. The van der Waals surface area contributed by atoms with Crippen LogP contribution in [0.5, 0.6) is 11.5 Å². The van der Waals surface area contributed by atoms with Crippen LogP contribution in [-0.2, 0) is 4.65 Å². The van der Waals surface area contributed by atoms with Gasteiger partial charge in [-0.3, -0.25) is 4.39 Å². The van der Waals surface area contributed by atoms with E-state index in [0.717, 1.165) is 16.7 Å². The van der Waals surface area contributed by atoms with E-state index in [2.05, 4.69) is 12.1 Å². The first kappa shape index (κ1) is 17.8. The Morgan fingerprint density at radius 3 is 2.76 bits per heavy atom. The molecule has 6 heteroatoms. The van der Waals surface area contributed by atoms with Crippen molar-refractivity contribution in [3.05, 3.63) is 48.0 Å². The van der Waals surface area contributed by atoms with Crippen molar-refractivity contribution < 1.29 is 23.5 Å². The van der Waals surface area contributed by atoms with Crippen molar-refractivity contribution in [1.29, 1.82) is 0 Å². The molecule has 3 rings (SSSR count). The van der Waals surface area contributed by atoms with E-state index in [-0.39, 0.29) is 5.92 Å². The number of ether oxygens (including phenoxy) is 2. The third kappa shape index (κ3) is 4.33. The fourth-order valence-corrected chi connectivity index (χ4v) is 3.02. The van der Waals surface area contributed by atoms with Crippen LogP contribution in [0, 0.1) is 0 Å². The number of benzene rings is 2. The maximum absolute atomic E-state index is 12.3. The molecule has 0 spiro atoms. The molecule has 0 amide bonds. The molecule has 1 N–H and O–H groups in total. The summed E-state index contributed by atoms with van der Waals surface area (Å²) < 4.78 is 28.5. The van der Waals surface area contributed by atoms with Crippen LogP contribution in [0.4, 0.5) is 4.39 Å². The van der Waals surface area contributed by atoms with E-state index >= 15 is 0 Å². The van der Waals surface area contributed by atoms with Gasteiger partial charge < -0.3 is 19.2 Å². The minimum atomic E-state index is -0.676. The highest BCUT2D eigenvalue weighted by Gasteiger charge is 2.29. The van der Waals surface area contributed by atoms with E-state index in [9.17, 15) is 9.41 Å². The Labute approximate surface area is 147 Å². The van der Waals surface area contributed by atoms with Crippen LogP contribution in [0.2, 0.25) is 6.32 Å². The molecule has 1 saturated heterocycles. The Morgan fingerprint density at radius 1 is 1.20 bits per heavy atom. The second-order valence-corrected chi connectivity index (χ2v) is 6.10. The molecule has 1 aliphatic heterocycles. The average Bonchev–Trinajstić information content (AvgIpc) is 3.08. The monoisotopic (exact) mass is 344 g/mol. The molecule has 1 fully saturated rings. The van der Waals surface area contributed by atoms with Crippen molar-refractivity contribution in [1.82, 2.24) is 0 Å². The Morgan fingerprint density at radius 2 is 2.04 bits per heavy atom. The minimum Gasteiger partial charge on any atom is -0.493 e. The summed E-state index contributed by atoms with van der Waals surface area (Å²) in [5, 5.41) is 9.56. The van der Waals surface area contributed by atoms with Crippen molar-refractivity contribution in [2.75, 3.05) is 27.0 Å². The van der Waals surface area contributed by atoms with Crippen LogP contribution < -0.4 is 9.47 Å². The molecule has 1 heterocycles. The van der Waals surface area contributed by atoms with Gasteiger partial charge in [0.2, 0.25) is 0 Å². The molecule has 1 atom stereocenters. The van der Waals surface area contributed by atoms with Gasteiger partial charge in [-0.1, -0.05) is 30.3 Å². The average molecular weight is 344 g/mol. The van der Waals surface area contributed by atoms with Gasteiger partial charge in [0.05, 0.1) is 20.4 Å². The van der Waals surface area contributed by atoms with Gasteiger partial charge >= 0.3 is 7.12 Å². The van der Waals surface area contributed by atoms with Crippen LogP contribution in [0.15, 0.2) is 42.5 Å². The van der Waals surface area contributed by atoms with E-state index in [1.165, 1.54) is 0 Å². The van der Waals surface area contributed by atoms with Gasteiger partial charge in [0.15, 0.2) is 11.5 Å². The summed E-state index contributed by atoms with van der Waals surface area (Å²) in [4.78, 5) is 0. The standard InChI is InChI=1S/C19H22BFO4/c1-23-18-7-6-16(11-19(18)24-9-3-8-21)14-4-2-5-15(10-14)17-12-20(22)25-13-17/h2,4-7,10-11,17,22H,3,8-9,12-13H2,1H3/t17-/m1/s1. The lowest BCUT2D eigenvalue weighted by atomic mass is 9.79. The molecule has 0 aliphatic carbocycles. The lowest BCUT2D eigenvalue weighted by Gasteiger charge is -2.14. The van der Waals surface area contributed by atoms with E-state index in [4.69, 9.17) is 14.1 Å². The van der Waals surface area contributed by atoms with E-state index in [1.54, 1.807) is 7.11 Å². The first-order valence-corrected chi connectivity index (χ1v) is 8.48. The van der Waals surface area contributed by atoms with Crippen LogP contribution in [0.3, 0.4) is 0 Å². The number of halogens is 1. The van der Waals surface area contributed by atoms with Gasteiger partial charge in [-0.25, -0.2) is 0 Å². The maximum atomic E-state index is 12.3. The summed E-state index contributed by atoms with van der Waals surface area (Å²) in [6.07, 6.45) is 0.969. The van der Waals surface area contributed by atoms with Gasteiger partial charge in [-0.15, -0.1) is 0 Å². The van der Waals surface area contributed by atoms with Crippen LogP contribution >= 0.6 is 0 Å². The molecule has 0 saturated carbocycles. The third-order valence-electron chi connectivity index (χ3n) is 4.37. The number of rotatable bonds is 7. The smallest absolute Gasteiger partial charge is 0.454 e. The summed E-state index contributed by atoms with van der Waals surface area (Å²) >= 11 is 0. The third-order valence-corrected chi connectivity index (χ3v) is 4.37. The predicted octanol–water partition coefficient (Wildman–Crippen LogP) is 3.69.